The summed E-state index contributed by atoms with van der Waals surface area (Å²) in [5, 5.41) is 11.9. The number of nitrogens with two attached hydrogens (primary N) is 1. The Kier molecular flexibility index (Phi) is 9.05. The number of hydrogen-bond acceptors (Lipinski definition) is 9. The predicted octanol–water partition coefficient (Wildman–Crippen LogP) is 4.36. The number of esters is 1. The highest BCUT2D eigenvalue weighted by Gasteiger charge is 2.26. The number of nitrogen functional groups attached to an aromatic ring is 1. The van der Waals surface area contributed by atoms with Crippen LogP contribution in [0.5, 0.6) is 0 Å². The lowest BCUT2D eigenvalue weighted by atomic mass is 10.2. The summed E-state index contributed by atoms with van der Waals surface area (Å²) in [7, 11) is 0. The number of amides is 1. The largest absolute Gasteiger partial charge is 0.461 e. The maximum absolute atomic E-state index is 13.1. The highest BCUT2D eigenvalue weighted by atomic mass is 32.2. The van der Waals surface area contributed by atoms with Crippen molar-refractivity contribution in [1.82, 2.24) is 19.7 Å². The van der Waals surface area contributed by atoms with Crippen molar-refractivity contribution in [2.45, 2.75) is 51.7 Å². The van der Waals surface area contributed by atoms with E-state index in [-0.39, 0.29) is 17.8 Å². The molecule has 1 atom stereocenters. The Morgan fingerprint density at radius 1 is 1.24 bits per heavy atom. The van der Waals surface area contributed by atoms with Crippen LogP contribution in [0.2, 0.25) is 0 Å². The molecule has 9 nitrogen and oxygen atoms in total. The normalized spacial score (nSPS) is 12.0. The van der Waals surface area contributed by atoms with E-state index in [1.54, 1.807) is 11.5 Å². The molecular weight excluding hydrogens is 472 g/mol. The number of carbonyl (C=O) groups excluding carboxylic acids is 2. The zero-order chi connectivity index (χ0) is 24.7. The minimum absolute atomic E-state index is 0.178. The summed E-state index contributed by atoms with van der Waals surface area (Å²) in [5.41, 5.74) is 7.82. The second-order valence-electron chi connectivity index (χ2n) is 8.13. The maximum Gasteiger partial charge on any atom is 0.350 e. The van der Waals surface area contributed by atoms with Crippen LogP contribution in [-0.2, 0) is 16.0 Å². The zero-order valence-electron chi connectivity index (χ0n) is 19.8. The average molecular weight is 503 g/mol. The molecule has 0 aliphatic rings. The number of thioether (sulfide) groups is 1. The van der Waals surface area contributed by atoms with Gasteiger partial charge in [0.2, 0.25) is 11.9 Å². The summed E-state index contributed by atoms with van der Waals surface area (Å²) >= 11 is 2.60. The molecule has 11 heteroatoms. The molecule has 0 bridgehead atoms. The molecule has 3 N–H and O–H groups in total. The Labute approximate surface area is 207 Å². The van der Waals surface area contributed by atoms with Gasteiger partial charge in [0.25, 0.3) is 0 Å². The summed E-state index contributed by atoms with van der Waals surface area (Å²) in [5.74, 6) is 0.451. The van der Waals surface area contributed by atoms with Crippen molar-refractivity contribution in [1.29, 1.82) is 0 Å². The molecule has 2 aromatic heterocycles. The summed E-state index contributed by atoms with van der Waals surface area (Å²) in [6.07, 6.45) is 1.34. The van der Waals surface area contributed by atoms with Crippen molar-refractivity contribution in [3.8, 4) is 0 Å². The Morgan fingerprint density at radius 2 is 1.97 bits per heavy atom. The van der Waals surface area contributed by atoms with Crippen LogP contribution in [-0.4, -0.2) is 44.0 Å². The van der Waals surface area contributed by atoms with Crippen molar-refractivity contribution in [3.63, 3.8) is 0 Å². The lowest BCUT2D eigenvalue weighted by Gasteiger charge is -2.18. The Morgan fingerprint density at radius 3 is 2.65 bits per heavy atom. The number of ether oxygens (including phenoxy) is 1. The summed E-state index contributed by atoms with van der Waals surface area (Å²) in [4.78, 5) is 30.2. The second kappa shape index (κ2) is 12.0. The van der Waals surface area contributed by atoms with Crippen LogP contribution in [0.1, 0.15) is 54.2 Å². The lowest BCUT2D eigenvalue weighted by Crippen LogP contribution is -2.27. The van der Waals surface area contributed by atoms with Crippen LogP contribution in [0.3, 0.4) is 0 Å². The van der Waals surface area contributed by atoms with Crippen molar-refractivity contribution >= 4 is 46.1 Å². The van der Waals surface area contributed by atoms with Crippen LogP contribution in [0, 0.1) is 12.8 Å². The molecule has 1 unspecified atom stereocenters. The molecular formula is C23H30N6O3S2. The van der Waals surface area contributed by atoms with Gasteiger partial charge in [-0.15, -0.1) is 10.2 Å². The number of anilines is 2. The Balaban J connectivity index is 1.68. The first-order chi connectivity index (χ1) is 16.3. The van der Waals surface area contributed by atoms with Gasteiger partial charge in [-0.2, -0.15) is 0 Å². The molecule has 0 saturated carbocycles. The van der Waals surface area contributed by atoms with Gasteiger partial charge in [0.15, 0.2) is 10.3 Å². The highest BCUT2D eigenvalue weighted by Crippen LogP contribution is 2.28. The van der Waals surface area contributed by atoms with Gasteiger partial charge in [-0.05, 0) is 31.2 Å². The van der Waals surface area contributed by atoms with Crippen LogP contribution in [0.4, 0.5) is 11.1 Å². The first-order valence-corrected chi connectivity index (χ1v) is 12.9. The van der Waals surface area contributed by atoms with Crippen LogP contribution in [0.15, 0.2) is 35.5 Å². The molecule has 0 radical (unpaired) electrons. The van der Waals surface area contributed by atoms with Crippen molar-refractivity contribution in [2.75, 3.05) is 23.4 Å². The lowest BCUT2D eigenvalue weighted by molar-refractivity contribution is -0.119. The monoisotopic (exact) mass is 502 g/mol. The fourth-order valence-corrected chi connectivity index (χ4v) is 5.05. The molecule has 0 aliphatic carbocycles. The molecule has 34 heavy (non-hydrogen) atoms. The third-order valence-electron chi connectivity index (χ3n) is 4.92. The topological polar surface area (TPSA) is 125 Å². The van der Waals surface area contributed by atoms with E-state index in [1.165, 1.54) is 17.3 Å². The second-order valence-corrected chi connectivity index (χ2v) is 10.2. The van der Waals surface area contributed by atoms with E-state index >= 15 is 0 Å². The molecule has 1 aromatic carbocycles. The molecule has 0 aliphatic heterocycles. The minimum atomic E-state index is -0.616. The van der Waals surface area contributed by atoms with E-state index in [9.17, 15) is 9.59 Å². The van der Waals surface area contributed by atoms with Crippen LogP contribution < -0.4 is 11.1 Å². The summed E-state index contributed by atoms with van der Waals surface area (Å²) in [6, 6.07) is 9.53. The van der Waals surface area contributed by atoms with Crippen LogP contribution in [0.25, 0.3) is 0 Å². The van der Waals surface area contributed by atoms with E-state index in [4.69, 9.17) is 10.5 Å². The predicted molar refractivity (Wildman–Crippen MR) is 135 cm³/mol. The summed E-state index contributed by atoms with van der Waals surface area (Å²) in [6.45, 7) is 7.87. The van der Waals surface area contributed by atoms with E-state index in [0.717, 1.165) is 23.5 Å². The number of nitrogens with one attached hydrogen (secondary N) is 1. The van der Waals surface area contributed by atoms with Gasteiger partial charge >= 0.3 is 5.97 Å². The van der Waals surface area contributed by atoms with E-state index < -0.39 is 12.0 Å². The zero-order valence-corrected chi connectivity index (χ0v) is 21.4. The van der Waals surface area contributed by atoms with Crippen molar-refractivity contribution < 1.29 is 14.3 Å². The molecule has 182 valence electrons. The minimum Gasteiger partial charge on any atom is -0.461 e. The van der Waals surface area contributed by atoms with E-state index in [0.29, 0.717) is 33.9 Å². The fraction of sp³-hybridized carbons (Fsp3) is 0.435. The molecule has 0 spiro atoms. The molecule has 0 fully saturated rings. The van der Waals surface area contributed by atoms with Crippen molar-refractivity contribution in [2.24, 2.45) is 5.92 Å². The van der Waals surface area contributed by atoms with Crippen molar-refractivity contribution in [3.05, 3.63) is 46.5 Å². The third kappa shape index (κ3) is 6.57. The Hall–Kier alpha value is -2.92. The van der Waals surface area contributed by atoms with Gasteiger partial charge in [0.1, 0.15) is 10.9 Å². The van der Waals surface area contributed by atoms with Gasteiger partial charge < -0.3 is 15.8 Å². The fourth-order valence-electron chi connectivity index (χ4n) is 3.21. The van der Waals surface area contributed by atoms with Crippen LogP contribution >= 0.6 is 23.1 Å². The molecule has 0 saturated heterocycles. The van der Waals surface area contributed by atoms with Gasteiger partial charge in [-0.25, -0.2) is 9.78 Å². The quantitative estimate of drug-likeness (QED) is 0.293. The number of thiazole rings is 1. The smallest absolute Gasteiger partial charge is 0.350 e. The molecule has 3 aromatic rings. The number of carbonyl (C=O) groups is 2. The summed E-state index contributed by atoms with van der Waals surface area (Å²) < 4.78 is 6.95. The number of nitrogens with zero attached hydrogens (tertiary/aromatic N) is 4. The number of hydrogen-bond donors (Lipinski definition) is 2. The number of aryl methyl sites for hydroxylation is 2. The highest BCUT2D eigenvalue weighted by molar-refractivity contribution is 7.99. The first kappa shape index (κ1) is 25.7. The standard InChI is InChI=1S/C23H30N6O3S2/c1-5-17(19(30)26-22-25-15(4)18(34-22)20(31)32-13-14(2)3)29-21(24)27-28-23(29)33-12-11-16-9-7-6-8-10-16/h6-10,14,17H,5,11-13H2,1-4H3,(H2,24,27)(H,25,26,30). The molecule has 3 rings (SSSR count). The number of benzene rings is 1. The maximum atomic E-state index is 13.1. The van der Waals surface area contributed by atoms with Gasteiger partial charge in [0.05, 0.1) is 12.3 Å². The van der Waals surface area contributed by atoms with Gasteiger partial charge in [0, 0.05) is 5.75 Å². The molecule has 1 amide bonds. The third-order valence-corrected chi connectivity index (χ3v) is 6.91. The van der Waals surface area contributed by atoms with Gasteiger partial charge in [-0.3, -0.25) is 9.36 Å². The first-order valence-electron chi connectivity index (χ1n) is 11.1. The molecule has 2 heterocycles. The number of aromatic nitrogens is 4. The average Bonchev–Trinajstić information content (AvgIpc) is 3.35. The Bertz CT molecular complexity index is 1110. The SMILES string of the molecule is CCC(C(=O)Nc1nc(C)c(C(=O)OCC(C)C)s1)n1c(N)nnc1SCCc1ccccc1. The van der Waals surface area contributed by atoms with E-state index in [1.807, 2.05) is 39.0 Å². The van der Waals surface area contributed by atoms with Gasteiger partial charge in [-0.1, -0.05) is 74.2 Å². The number of rotatable bonds is 11. The van der Waals surface area contributed by atoms with E-state index in [2.05, 4.69) is 32.6 Å².